The van der Waals surface area contributed by atoms with Gasteiger partial charge in [-0.25, -0.2) is 4.98 Å². The Balaban J connectivity index is 1.85. The summed E-state index contributed by atoms with van der Waals surface area (Å²) in [5.41, 5.74) is -0.0641. The first-order valence-corrected chi connectivity index (χ1v) is 7.55. The Morgan fingerprint density at radius 2 is 2.19 bits per heavy atom. The first kappa shape index (κ1) is 15.5. The van der Waals surface area contributed by atoms with Crippen LogP contribution in [0.15, 0.2) is 17.2 Å². The maximum Gasteiger partial charge on any atom is 0.306 e. The highest BCUT2D eigenvalue weighted by Crippen LogP contribution is 2.33. The molecular weight excluding hydrogens is 270 g/mol. The SMILES string of the molecule is CC(CCCC(C)C(=O)O)Nc1nccn(C2CC2)c1=O. The van der Waals surface area contributed by atoms with Gasteiger partial charge in [-0.2, -0.15) is 0 Å². The van der Waals surface area contributed by atoms with Crippen LogP contribution in [0.4, 0.5) is 5.82 Å². The molecule has 0 radical (unpaired) electrons. The average molecular weight is 293 g/mol. The van der Waals surface area contributed by atoms with Gasteiger partial charge in [0.15, 0.2) is 5.82 Å². The summed E-state index contributed by atoms with van der Waals surface area (Å²) in [6.07, 6.45) is 7.79. The summed E-state index contributed by atoms with van der Waals surface area (Å²) < 4.78 is 1.74. The van der Waals surface area contributed by atoms with Crippen molar-refractivity contribution in [2.45, 2.75) is 58.0 Å². The predicted molar refractivity (Wildman–Crippen MR) is 80.5 cm³/mol. The van der Waals surface area contributed by atoms with E-state index in [1.807, 2.05) is 6.92 Å². The lowest BCUT2D eigenvalue weighted by atomic mass is 10.0. The molecule has 0 saturated heterocycles. The lowest BCUT2D eigenvalue weighted by Gasteiger charge is -2.15. The summed E-state index contributed by atoms with van der Waals surface area (Å²) in [6.45, 7) is 3.70. The van der Waals surface area contributed by atoms with E-state index in [-0.39, 0.29) is 17.5 Å². The second kappa shape index (κ2) is 6.74. The van der Waals surface area contributed by atoms with Crippen molar-refractivity contribution in [3.8, 4) is 0 Å². The smallest absolute Gasteiger partial charge is 0.306 e. The minimum Gasteiger partial charge on any atom is -0.481 e. The van der Waals surface area contributed by atoms with Crippen LogP contribution in [0.5, 0.6) is 0 Å². The number of carboxylic acid groups (broad SMARTS) is 1. The molecule has 6 nitrogen and oxygen atoms in total. The fourth-order valence-electron chi connectivity index (χ4n) is 2.32. The minimum absolute atomic E-state index is 0.0641. The van der Waals surface area contributed by atoms with Crippen molar-refractivity contribution >= 4 is 11.8 Å². The maximum absolute atomic E-state index is 12.2. The van der Waals surface area contributed by atoms with Gasteiger partial charge in [0.1, 0.15) is 0 Å². The van der Waals surface area contributed by atoms with Gasteiger partial charge >= 0.3 is 5.97 Å². The van der Waals surface area contributed by atoms with E-state index < -0.39 is 5.97 Å². The van der Waals surface area contributed by atoms with Gasteiger partial charge in [0, 0.05) is 24.5 Å². The third-order valence-corrected chi connectivity index (χ3v) is 3.89. The highest BCUT2D eigenvalue weighted by molar-refractivity contribution is 5.69. The topological polar surface area (TPSA) is 84.2 Å². The molecule has 2 atom stereocenters. The van der Waals surface area contributed by atoms with Crippen LogP contribution in [0, 0.1) is 5.92 Å². The van der Waals surface area contributed by atoms with Gasteiger partial charge in [-0.1, -0.05) is 13.3 Å². The van der Waals surface area contributed by atoms with E-state index in [4.69, 9.17) is 5.11 Å². The Hall–Kier alpha value is -1.85. The number of hydrogen-bond acceptors (Lipinski definition) is 4. The first-order valence-electron chi connectivity index (χ1n) is 7.55. The van der Waals surface area contributed by atoms with Crippen molar-refractivity contribution in [2.75, 3.05) is 5.32 Å². The van der Waals surface area contributed by atoms with Crippen molar-refractivity contribution in [3.63, 3.8) is 0 Å². The maximum atomic E-state index is 12.2. The highest BCUT2D eigenvalue weighted by atomic mass is 16.4. The van der Waals surface area contributed by atoms with Crippen molar-refractivity contribution in [1.82, 2.24) is 9.55 Å². The zero-order chi connectivity index (χ0) is 15.4. The molecule has 0 bridgehead atoms. The fraction of sp³-hybridized carbons (Fsp3) is 0.667. The molecule has 1 aromatic rings. The third kappa shape index (κ3) is 4.31. The number of aliphatic carboxylic acids is 1. The van der Waals surface area contributed by atoms with Crippen LogP contribution < -0.4 is 10.9 Å². The summed E-state index contributed by atoms with van der Waals surface area (Å²) in [7, 11) is 0. The molecular formula is C15H23N3O3. The van der Waals surface area contributed by atoms with Crippen LogP contribution >= 0.6 is 0 Å². The van der Waals surface area contributed by atoms with Gasteiger partial charge in [0.2, 0.25) is 0 Å². The van der Waals surface area contributed by atoms with Gasteiger partial charge in [0.05, 0.1) is 5.92 Å². The second-order valence-corrected chi connectivity index (χ2v) is 5.94. The molecule has 1 saturated carbocycles. The molecule has 2 rings (SSSR count). The molecule has 2 unspecified atom stereocenters. The zero-order valence-electron chi connectivity index (χ0n) is 12.6. The van der Waals surface area contributed by atoms with E-state index in [9.17, 15) is 9.59 Å². The molecule has 0 aliphatic heterocycles. The van der Waals surface area contributed by atoms with Crippen molar-refractivity contribution in [1.29, 1.82) is 0 Å². The Kier molecular flexibility index (Phi) is 4.98. The quantitative estimate of drug-likeness (QED) is 0.768. The standard InChI is InChI=1S/C15H23N3O3/c1-10(15(20)21)4-3-5-11(2)17-13-14(19)18(9-8-16-13)12-6-7-12/h8-12H,3-7H2,1-2H3,(H,16,17)(H,20,21). The number of rotatable bonds is 8. The molecule has 1 heterocycles. The van der Waals surface area contributed by atoms with Crippen LogP contribution in [0.3, 0.4) is 0 Å². The lowest BCUT2D eigenvalue weighted by Crippen LogP contribution is -2.27. The summed E-state index contributed by atoms with van der Waals surface area (Å²) in [6, 6.07) is 0.439. The number of nitrogens with one attached hydrogen (secondary N) is 1. The van der Waals surface area contributed by atoms with Gasteiger partial charge < -0.3 is 15.0 Å². The Bertz CT molecular complexity index is 551. The summed E-state index contributed by atoms with van der Waals surface area (Å²) in [5.74, 6) is -0.685. The van der Waals surface area contributed by atoms with Gasteiger partial charge in [-0.3, -0.25) is 9.59 Å². The molecule has 2 N–H and O–H groups in total. The molecule has 0 aromatic carbocycles. The van der Waals surface area contributed by atoms with E-state index in [0.717, 1.165) is 25.7 Å². The Labute approximate surface area is 124 Å². The van der Waals surface area contributed by atoms with Crippen LogP contribution in [0.25, 0.3) is 0 Å². The van der Waals surface area contributed by atoms with Crippen molar-refractivity contribution in [3.05, 3.63) is 22.7 Å². The number of hydrogen-bond donors (Lipinski definition) is 2. The summed E-state index contributed by atoms with van der Waals surface area (Å²) in [4.78, 5) is 27.1. The summed E-state index contributed by atoms with van der Waals surface area (Å²) >= 11 is 0. The Morgan fingerprint density at radius 3 is 2.81 bits per heavy atom. The number of carboxylic acids is 1. The van der Waals surface area contributed by atoms with Gasteiger partial charge in [0.25, 0.3) is 5.56 Å². The Morgan fingerprint density at radius 1 is 1.48 bits per heavy atom. The van der Waals surface area contributed by atoms with Crippen LogP contribution in [0.1, 0.15) is 52.0 Å². The first-order chi connectivity index (χ1) is 9.99. The monoisotopic (exact) mass is 293 g/mol. The molecule has 1 aromatic heterocycles. The normalized spacial score (nSPS) is 17.2. The molecule has 1 aliphatic carbocycles. The van der Waals surface area contributed by atoms with Crippen molar-refractivity contribution in [2.24, 2.45) is 5.92 Å². The van der Waals surface area contributed by atoms with Crippen LogP contribution in [-0.2, 0) is 4.79 Å². The van der Waals surface area contributed by atoms with E-state index in [1.54, 1.807) is 23.9 Å². The molecule has 1 fully saturated rings. The van der Waals surface area contributed by atoms with E-state index in [2.05, 4.69) is 10.3 Å². The highest BCUT2D eigenvalue weighted by Gasteiger charge is 2.25. The molecule has 6 heteroatoms. The van der Waals surface area contributed by atoms with Gasteiger partial charge in [-0.05, 0) is 32.6 Å². The molecule has 21 heavy (non-hydrogen) atoms. The lowest BCUT2D eigenvalue weighted by molar-refractivity contribution is -0.141. The zero-order valence-corrected chi connectivity index (χ0v) is 12.6. The van der Waals surface area contributed by atoms with E-state index >= 15 is 0 Å². The molecule has 0 spiro atoms. The molecule has 1 aliphatic rings. The van der Waals surface area contributed by atoms with Crippen LogP contribution in [0.2, 0.25) is 0 Å². The fourth-order valence-corrected chi connectivity index (χ4v) is 2.32. The number of nitrogens with zero attached hydrogens (tertiary/aromatic N) is 2. The second-order valence-electron chi connectivity index (χ2n) is 5.94. The predicted octanol–water partition coefficient (Wildman–Crippen LogP) is 2.27. The molecule has 0 amide bonds. The van der Waals surface area contributed by atoms with Gasteiger partial charge in [-0.15, -0.1) is 0 Å². The van der Waals surface area contributed by atoms with Crippen molar-refractivity contribution < 1.29 is 9.90 Å². The van der Waals surface area contributed by atoms with Crippen LogP contribution in [-0.4, -0.2) is 26.7 Å². The summed E-state index contributed by atoms with van der Waals surface area (Å²) in [5, 5.41) is 12.0. The average Bonchev–Trinajstić information content (AvgIpc) is 3.25. The largest absolute Gasteiger partial charge is 0.481 e. The minimum atomic E-state index is -0.757. The van der Waals surface area contributed by atoms with E-state index in [1.165, 1.54) is 0 Å². The number of carbonyl (C=O) groups is 1. The number of aromatic nitrogens is 2. The molecule has 116 valence electrons. The third-order valence-electron chi connectivity index (χ3n) is 3.89. The number of anilines is 1. The van der Waals surface area contributed by atoms with E-state index in [0.29, 0.717) is 18.3 Å².